The van der Waals surface area contributed by atoms with E-state index in [2.05, 4.69) is 30.3 Å². The van der Waals surface area contributed by atoms with Crippen molar-refractivity contribution in [3.8, 4) is 0 Å². The van der Waals surface area contributed by atoms with Crippen LogP contribution in [0, 0.1) is 11.8 Å². The number of hydrogen-bond donors (Lipinski definition) is 0. The van der Waals surface area contributed by atoms with Crippen molar-refractivity contribution in [2.24, 2.45) is 11.8 Å². The number of hydrogen-bond acceptors (Lipinski definition) is 1. The summed E-state index contributed by atoms with van der Waals surface area (Å²) in [7, 11) is 0. The monoisotopic (exact) mass is 346 g/mol. The van der Waals surface area contributed by atoms with Crippen molar-refractivity contribution in [2.45, 2.75) is 36.3 Å². The molecule has 2 fully saturated rings. The van der Waals surface area contributed by atoms with Gasteiger partial charge in [0.05, 0.1) is 0 Å². The number of benzene rings is 1. The Morgan fingerprint density at radius 2 is 1.94 bits per heavy atom. The van der Waals surface area contributed by atoms with E-state index < -0.39 is 0 Å². The van der Waals surface area contributed by atoms with Gasteiger partial charge in [0.15, 0.2) is 0 Å². The van der Waals surface area contributed by atoms with Gasteiger partial charge in [0.1, 0.15) is 0 Å². The zero-order valence-corrected chi connectivity index (χ0v) is 12.5. The fraction of sp³-hybridized carbons (Fsp3) is 0.600. The van der Waals surface area contributed by atoms with Crippen LogP contribution in [-0.2, 0) is 4.74 Å². The Morgan fingerprint density at radius 1 is 1.12 bits per heavy atom. The third-order valence-electron chi connectivity index (χ3n) is 4.09. The molecule has 2 aliphatic rings. The van der Waals surface area contributed by atoms with E-state index in [0.717, 1.165) is 18.4 Å². The fourth-order valence-corrected chi connectivity index (χ4v) is 6.27. The third-order valence-corrected chi connectivity index (χ3v) is 7.52. The maximum absolute atomic E-state index is 5.98. The molecule has 1 saturated carbocycles. The SMILES string of the molecule is c1ccc([Te]C[C@H]2CO[C@H]3CCCCC23)cc1. The van der Waals surface area contributed by atoms with Crippen LogP contribution in [0.5, 0.6) is 0 Å². The summed E-state index contributed by atoms with van der Waals surface area (Å²) in [5.41, 5.74) is 0. The van der Waals surface area contributed by atoms with E-state index in [1.807, 2.05) is 0 Å². The molecule has 0 amide bonds. The molecule has 1 aromatic carbocycles. The van der Waals surface area contributed by atoms with Gasteiger partial charge in [-0.25, -0.2) is 0 Å². The molecular weight excluding hydrogens is 324 g/mol. The van der Waals surface area contributed by atoms with Gasteiger partial charge in [-0.05, 0) is 0 Å². The first-order chi connectivity index (χ1) is 8.43. The van der Waals surface area contributed by atoms with Crippen LogP contribution in [0.1, 0.15) is 25.7 Å². The van der Waals surface area contributed by atoms with Crippen LogP contribution in [0.25, 0.3) is 0 Å². The predicted octanol–water partition coefficient (Wildman–Crippen LogP) is 2.64. The van der Waals surface area contributed by atoms with Gasteiger partial charge in [0.25, 0.3) is 0 Å². The Balaban J connectivity index is 1.55. The topological polar surface area (TPSA) is 9.23 Å². The molecule has 92 valence electrons. The first-order valence-electron chi connectivity index (χ1n) is 6.73. The number of rotatable bonds is 3. The Kier molecular flexibility index (Phi) is 4.06. The van der Waals surface area contributed by atoms with Crippen LogP contribution >= 0.6 is 0 Å². The summed E-state index contributed by atoms with van der Waals surface area (Å²) in [6, 6.07) is 11.1. The van der Waals surface area contributed by atoms with Crippen LogP contribution in [0.15, 0.2) is 30.3 Å². The quantitative estimate of drug-likeness (QED) is 0.767. The molecule has 17 heavy (non-hydrogen) atoms. The van der Waals surface area contributed by atoms with Crippen molar-refractivity contribution in [1.29, 1.82) is 0 Å². The van der Waals surface area contributed by atoms with E-state index in [1.165, 1.54) is 30.2 Å². The minimum atomic E-state index is 0.0143. The van der Waals surface area contributed by atoms with Gasteiger partial charge in [0.2, 0.25) is 0 Å². The molecule has 0 N–H and O–H groups in total. The molecule has 2 heteroatoms. The van der Waals surface area contributed by atoms with Crippen LogP contribution in [0.2, 0.25) is 4.47 Å². The average Bonchev–Trinajstić information content (AvgIpc) is 2.81. The summed E-state index contributed by atoms with van der Waals surface area (Å²) in [6.07, 6.45) is 6.21. The van der Waals surface area contributed by atoms with Crippen molar-refractivity contribution < 1.29 is 4.74 Å². The van der Waals surface area contributed by atoms with Crippen molar-refractivity contribution in [2.75, 3.05) is 6.61 Å². The predicted molar refractivity (Wildman–Crippen MR) is 71.8 cm³/mol. The summed E-state index contributed by atoms with van der Waals surface area (Å²) in [5.74, 6) is 1.78. The maximum atomic E-state index is 5.98. The van der Waals surface area contributed by atoms with Gasteiger partial charge in [-0.15, -0.1) is 0 Å². The van der Waals surface area contributed by atoms with Gasteiger partial charge in [0, 0.05) is 0 Å². The van der Waals surface area contributed by atoms with Crippen molar-refractivity contribution in [3.05, 3.63) is 30.3 Å². The van der Waals surface area contributed by atoms with Crippen LogP contribution in [-0.4, -0.2) is 33.6 Å². The molecule has 1 aliphatic heterocycles. The molecule has 1 aliphatic carbocycles. The van der Waals surface area contributed by atoms with Crippen LogP contribution in [0.4, 0.5) is 0 Å². The molecule has 0 bridgehead atoms. The van der Waals surface area contributed by atoms with E-state index in [4.69, 9.17) is 4.74 Å². The summed E-state index contributed by atoms with van der Waals surface area (Å²) >= 11 is 0.0143. The van der Waals surface area contributed by atoms with Crippen molar-refractivity contribution >= 4 is 24.5 Å². The van der Waals surface area contributed by atoms with Crippen LogP contribution in [0.3, 0.4) is 0 Å². The zero-order chi connectivity index (χ0) is 11.5. The summed E-state index contributed by atoms with van der Waals surface area (Å²) in [5, 5.41) is 0. The first kappa shape index (κ1) is 12.0. The number of ether oxygens (including phenoxy) is 1. The molecule has 0 aromatic heterocycles. The molecule has 1 aromatic rings. The summed E-state index contributed by atoms with van der Waals surface area (Å²) in [4.78, 5) is 0. The minimum absolute atomic E-state index is 0.0143. The van der Waals surface area contributed by atoms with Gasteiger partial charge in [-0.1, -0.05) is 0 Å². The second kappa shape index (κ2) is 5.74. The van der Waals surface area contributed by atoms with E-state index >= 15 is 0 Å². The molecule has 1 unspecified atom stereocenters. The van der Waals surface area contributed by atoms with Gasteiger partial charge >= 0.3 is 114 Å². The standard InChI is InChI=1S/C15H20OTe/c1-2-6-13(7-3-1)17-11-12-10-16-15-9-5-4-8-14(12)15/h1-3,6-7,12,14-15H,4-5,8-11H2/t12-,14?,15+/m1/s1. The van der Waals surface area contributed by atoms with E-state index in [1.54, 1.807) is 3.61 Å². The van der Waals surface area contributed by atoms with Crippen molar-refractivity contribution in [3.63, 3.8) is 0 Å². The molecule has 3 atom stereocenters. The molecule has 1 nitrogen and oxygen atoms in total. The third kappa shape index (κ3) is 2.87. The number of fused-ring (bicyclic) bond motifs is 1. The Bertz CT molecular complexity index is 351. The van der Waals surface area contributed by atoms with Crippen LogP contribution < -0.4 is 3.61 Å². The van der Waals surface area contributed by atoms with E-state index in [9.17, 15) is 0 Å². The molecule has 1 saturated heterocycles. The Hall–Kier alpha value is -0.0304. The zero-order valence-electron chi connectivity index (χ0n) is 10.2. The second-order valence-corrected chi connectivity index (χ2v) is 8.32. The molecule has 3 rings (SSSR count). The van der Waals surface area contributed by atoms with E-state index in [-0.39, 0.29) is 20.9 Å². The second-order valence-electron chi connectivity index (χ2n) is 5.20. The first-order valence-corrected chi connectivity index (χ1v) is 9.54. The Labute approximate surface area is 114 Å². The van der Waals surface area contributed by atoms with Gasteiger partial charge in [-0.3, -0.25) is 0 Å². The molecule has 0 spiro atoms. The molecule has 1 heterocycles. The molecular formula is C15H20OTe. The molecule has 0 radical (unpaired) electrons. The van der Waals surface area contributed by atoms with Gasteiger partial charge < -0.3 is 0 Å². The summed E-state index contributed by atoms with van der Waals surface area (Å²) < 4.78 is 9.03. The normalized spacial score (nSPS) is 32.4. The van der Waals surface area contributed by atoms with E-state index in [0.29, 0.717) is 6.10 Å². The Morgan fingerprint density at radius 3 is 2.82 bits per heavy atom. The average molecular weight is 344 g/mol. The summed E-state index contributed by atoms with van der Waals surface area (Å²) in [6.45, 7) is 1.05. The van der Waals surface area contributed by atoms with Crippen molar-refractivity contribution in [1.82, 2.24) is 0 Å². The van der Waals surface area contributed by atoms with Gasteiger partial charge in [-0.2, -0.15) is 0 Å². The fourth-order valence-electron chi connectivity index (χ4n) is 3.13.